The second kappa shape index (κ2) is 8.29. The van der Waals surface area contributed by atoms with E-state index in [0.717, 1.165) is 33.9 Å². The standard InChI is InChI=1S/C20H26N2O3S2/c1-11-14(18(23)16(20(24)22-2)17(21)13-6-7-13)8-9-15(27(3)25)19(11)26-10-12-4-5-12/h8-9,12-13,21-22,24H,4-7,10H2,1-3H3/b20-16-,21-17?. The van der Waals surface area contributed by atoms with E-state index in [0.29, 0.717) is 11.5 Å². The molecule has 2 aliphatic carbocycles. The minimum absolute atomic E-state index is 0.0471. The molecule has 0 amide bonds. The van der Waals surface area contributed by atoms with Gasteiger partial charge in [-0.3, -0.25) is 4.79 Å². The molecule has 1 aromatic rings. The lowest BCUT2D eigenvalue weighted by Crippen LogP contribution is -2.23. The Morgan fingerprint density at radius 2 is 2.04 bits per heavy atom. The van der Waals surface area contributed by atoms with E-state index in [-0.39, 0.29) is 28.9 Å². The monoisotopic (exact) mass is 406 g/mol. The van der Waals surface area contributed by atoms with Gasteiger partial charge in [-0.25, -0.2) is 0 Å². The van der Waals surface area contributed by atoms with Gasteiger partial charge in [0.1, 0.15) is 11.8 Å². The molecule has 0 bridgehead atoms. The van der Waals surface area contributed by atoms with Gasteiger partial charge in [0.25, 0.3) is 0 Å². The molecule has 0 saturated heterocycles. The molecule has 2 fully saturated rings. The molecule has 1 unspecified atom stereocenters. The van der Waals surface area contributed by atoms with E-state index in [1.165, 1.54) is 19.9 Å². The normalized spacial score (nSPS) is 18.7. The van der Waals surface area contributed by atoms with Gasteiger partial charge in [0.15, 0.2) is 10.8 Å². The lowest BCUT2D eigenvalue weighted by molar-refractivity contribution is 0.103. The van der Waals surface area contributed by atoms with Crippen LogP contribution in [0.25, 0.3) is 0 Å². The molecule has 0 heterocycles. The lowest BCUT2D eigenvalue weighted by atomic mass is 9.94. The lowest BCUT2D eigenvalue weighted by Gasteiger charge is -2.17. The van der Waals surface area contributed by atoms with Crippen LogP contribution in [0.1, 0.15) is 41.6 Å². The number of benzene rings is 1. The molecule has 0 aliphatic heterocycles. The van der Waals surface area contributed by atoms with Crippen molar-refractivity contribution in [3.63, 3.8) is 0 Å². The van der Waals surface area contributed by atoms with Gasteiger partial charge < -0.3 is 20.4 Å². The summed E-state index contributed by atoms with van der Waals surface area (Å²) in [6.45, 7) is 1.87. The number of rotatable bonds is 9. The van der Waals surface area contributed by atoms with Gasteiger partial charge in [-0.05, 0) is 67.4 Å². The van der Waals surface area contributed by atoms with Gasteiger partial charge in [0.05, 0.1) is 10.6 Å². The number of allylic oxidation sites excluding steroid dienone is 1. The van der Waals surface area contributed by atoms with Crippen LogP contribution in [-0.4, -0.2) is 40.2 Å². The summed E-state index contributed by atoms with van der Waals surface area (Å²) in [6, 6.07) is 3.43. The number of carbonyl (C=O) groups excluding carboxylic acids is 1. The van der Waals surface area contributed by atoms with Crippen LogP contribution in [0.3, 0.4) is 0 Å². The van der Waals surface area contributed by atoms with Crippen LogP contribution in [0, 0.1) is 24.2 Å². The maximum Gasteiger partial charge on any atom is 0.200 e. The Morgan fingerprint density at radius 1 is 1.37 bits per heavy atom. The molecule has 2 aliphatic rings. The zero-order valence-electron chi connectivity index (χ0n) is 15.9. The highest BCUT2D eigenvalue weighted by Gasteiger charge is 2.35. The van der Waals surface area contributed by atoms with E-state index in [1.54, 1.807) is 30.2 Å². The predicted molar refractivity (Wildman–Crippen MR) is 110 cm³/mol. The third-order valence-electron chi connectivity index (χ3n) is 5.04. The van der Waals surface area contributed by atoms with Crippen LogP contribution in [0.15, 0.2) is 33.4 Å². The molecule has 1 atom stereocenters. The number of aliphatic hydroxyl groups excluding tert-OH is 1. The van der Waals surface area contributed by atoms with Crippen molar-refractivity contribution in [3.05, 3.63) is 34.7 Å². The van der Waals surface area contributed by atoms with Crippen molar-refractivity contribution in [2.75, 3.05) is 19.1 Å². The van der Waals surface area contributed by atoms with Gasteiger partial charge in [-0.1, -0.05) is 0 Å². The Kier molecular flexibility index (Phi) is 6.23. The third-order valence-corrected chi connectivity index (χ3v) is 7.58. The summed E-state index contributed by atoms with van der Waals surface area (Å²) in [5, 5.41) is 21.2. The van der Waals surface area contributed by atoms with Gasteiger partial charge in [-0.2, -0.15) is 0 Å². The van der Waals surface area contributed by atoms with Crippen LogP contribution in [0.2, 0.25) is 0 Å². The molecule has 3 rings (SSSR count). The number of Topliss-reactive ketones (excluding diaryl/α,β-unsaturated/α-hetero) is 1. The Bertz CT molecular complexity index is 797. The first-order chi connectivity index (χ1) is 12.8. The Hall–Kier alpha value is -1.44. The highest BCUT2D eigenvalue weighted by Crippen LogP contribution is 2.40. The number of thioether (sulfide) groups is 1. The summed E-state index contributed by atoms with van der Waals surface area (Å²) in [7, 11) is 1.54. The largest absolute Gasteiger partial charge is 0.612 e. The van der Waals surface area contributed by atoms with E-state index < -0.39 is 11.2 Å². The molecule has 0 spiro atoms. The maximum atomic E-state index is 13.2. The fourth-order valence-corrected chi connectivity index (χ4v) is 5.47. The van der Waals surface area contributed by atoms with Crippen molar-refractivity contribution in [1.82, 2.24) is 5.32 Å². The Balaban J connectivity index is 1.99. The first-order valence-corrected chi connectivity index (χ1v) is 11.7. The topological polar surface area (TPSA) is 96.2 Å². The summed E-state index contributed by atoms with van der Waals surface area (Å²) in [6.07, 6.45) is 5.87. The third kappa shape index (κ3) is 4.52. The van der Waals surface area contributed by atoms with Crippen LogP contribution >= 0.6 is 11.8 Å². The van der Waals surface area contributed by atoms with Crippen LogP contribution in [0.4, 0.5) is 0 Å². The van der Waals surface area contributed by atoms with Crippen molar-refractivity contribution in [2.24, 2.45) is 11.8 Å². The molecule has 146 valence electrons. The van der Waals surface area contributed by atoms with Crippen LogP contribution in [0.5, 0.6) is 0 Å². The van der Waals surface area contributed by atoms with Crippen molar-refractivity contribution in [1.29, 1.82) is 5.41 Å². The Morgan fingerprint density at radius 3 is 2.56 bits per heavy atom. The number of ketones is 1. The Labute approximate surface area is 167 Å². The molecule has 0 radical (unpaired) electrons. The SMILES string of the molecule is CN/C(O)=C(\C(=N)C1CC1)C(=O)c1ccc([S+](C)[O-])c(SCC2CC2)c1C. The highest BCUT2D eigenvalue weighted by atomic mass is 32.2. The molecular weight excluding hydrogens is 380 g/mol. The van der Waals surface area contributed by atoms with Gasteiger partial charge in [-0.15, -0.1) is 11.8 Å². The molecule has 3 N–H and O–H groups in total. The van der Waals surface area contributed by atoms with E-state index in [9.17, 15) is 14.5 Å². The molecule has 0 aromatic heterocycles. The summed E-state index contributed by atoms with van der Waals surface area (Å²) in [4.78, 5) is 14.9. The summed E-state index contributed by atoms with van der Waals surface area (Å²) >= 11 is 0.522. The minimum Gasteiger partial charge on any atom is -0.612 e. The highest BCUT2D eigenvalue weighted by molar-refractivity contribution is 8.00. The second-order valence-electron chi connectivity index (χ2n) is 7.26. The van der Waals surface area contributed by atoms with E-state index >= 15 is 0 Å². The van der Waals surface area contributed by atoms with Crippen molar-refractivity contribution < 1.29 is 14.5 Å². The zero-order chi connectivity index (χ0) is 19.7. The molecule has 2 saturated carbocycles. The van der Waals surface area contributed by atoms with Crippen LogP contribution in [-0.2, 0) is 11.2 Å². The fourth-order valence-electron chi connectivity index (χ4n) is 3.00. The smallest absolute Gasteiger partial charge is 0.200 e. The minimum atomic E-state index is -1.14. The number of hydrogen-bond acceptors (Lipinski definition) is 6. The molecule has 5 nitrogen and oxygen atoms in total. The summed E-state index contributed by atoms with van der Waals surface area (Å²) < 4.78 is 12.2. The van der Waals surface area contributed by atoms with E-state index in [4.69, 9.17) is 5.41 Å². The van der Waals surface area contributed by atoms with E-state index in [1.807, 2.05) is 6.92 Å². The van der Waals surface area contributed by atoms with E-state index in [2.05, 4.69) is 5.32 Å². The second-order valence-corrected chi connectivity index (χ2v) is 9.64. The quantitative estimate of drug-likeness (QED) is 0.145. The van der Waals surface area contributed by atoms with Crippen LogP contribution < -0.4 is 5.32 Å². The first-order valence-electron chi connectivity index (χ1n) is 9.19. The summed E-state index contributed by atoms with van der Waals surface area (Å²) in [5.74, 6) is 1.11. The molecule has 1 aromatic carbocycles. The van der Waals surface area contributed by atoms with Crippen molar-refractivity contribution in [2.45, 2.75) is 42.4 Å². The molecule has 27 heavy (non-hydrogen) atoms. The molecule has 7 heteroatoms. The average molecular weight is 407 g/mol. The number of nitrogens with one attached hydrogen (secondary N) is 2. The van der Waals surface area contributed by atoms with Crippen molar-refractivity contribution >= 4 is 34.4 Å². The number of carbonyl (C=O) groups is 1. The zero-order valence-corrected chi connectivity index (χ0v) is 17.6. The predicted octanol–water partition coefficient (Wildman–Crippen LogP) is 3.84. The van der Waals surface area contributed by atoms with Gasteiger partial charge in [0, 0.05) is 24.3 Å². The fraction of sp³-hybridized carbons (Fsp3) is 0.500. The van der Waals surface area contributed by atoms with Crippen molar-refractivity contribution in [3.8, 4) is 0 Å². The average Bonchev–Trinajstić information content (AvgIpc) is 3.53. The summed E-state index contributed by atoms with van der Waals surface area (Å²) in [5.41, 5.74) is 1.49. The van der Waals surface area contributed by atoms with Gasteiger partial charge >= 0.3 is 0 Å². The number of hydrogen-bond donors (Lipinski definition) is 3. The number of aliphatic hydroxyl groups is 1. The maximum absolute atomic E-state index is 13.2. The molecular formula is C20H26N2O3S2. The van der Waals surface area contributed by atoms with Gasteiger partial charge in [0.2, 0.25) is 5.78 Å². The first kappa shape index (κ1) is 20.3.